The highest BCUT2D eigenvalue weighted by Gasteiger charge is 2.23. The molecular formula is C18H21FN2O5S. The summed E-state index contributed by atoms with van der Waals surface area (Å²) in [4.78, 5) is 12.1. The van der Waals surface area contributed by atoms with Crippen LogP contribution in [-0.2, 0) is 14.8 Å². The number of halogens is 1. The highest BCUT2D eigenvalue weighted by atomic mass is 32.2. The number of nitrogens with zero attached hydrogens (tertiary/aromatic N) is 1. The van der Waals surface area contributed by atoms with Gasteiger partial charge in [-0.1, -0.05) is 18.2 Å². The van der Waals surface area contributed by atoms with Crippen LogP contribution in [0, 0.1) is 5.82 Å². The molecule has 27 heavy (non-hydrogen) atoms. The monoisotopic (exact) mass is 396 g/mol. The summed E-state index contributed by atoms with van der Waals surface area (Å²) in [6.07, 6.45) is 0.915. The van der Waals surface area contributed by atoms with Gasteiger partial charge in [0.15, 0.2) is 0 Å². The second-order valence-corrected chi connectivity index (χ2v) is 7.51. The lowest BCUT2D eigenvalue weighted by Gasteiger charge is -2.22. The van der Waals surface area contributed by atoms with E-state index in [-0.39, 0.29) is 18.8 Å². The Bertz CT molecular complexity index is 889. The van der Waals surface area contributed by atoms with Crippen molar-refractivity contribution in [2.75, 3.05) is 37.4 Å². The van der Waals surface area contributed by atoms with Crippen LogP contribution in [0.4, 0.5) is 10.1 Å². The number of hydrogen-bond donors (Lipinski definition) is 1. The molecule has 146 valence electrons. The Balaban J connectivity index is 1.90. The Morgan fingerprint density at radius 3 is 2.52 bits per heavy atom. The predicted octanol–water partition coefficient (Wildman–Crippen LogP) is 1.80. The molecule has 0 radical (unpaired) electrons. The first-order valence-corrected chi connectivity index (χ1v) is 9.92. The van der Waals surface area contributed by atoms with E-state index in [1.807, 2.05) is 0 Å². The molecule has 0 atom stereocenters. The zero-order chi connectivity index (χ0) is 19.9. The minimum absolute atomic E-state index is 0.158. The van der Waals surface area contributed by atoms with Crippen molar-refractivity contribution in [1.29, 1.82) is 0 Å². The van der Waals surface area contributed by atoms with Crippen molar-refractivity contribution in [3.05, 3.63) is 54.3 Å². The zero-order valence-electron chi connectivity index (χ0n) is 15.0. The first kappa shape index (κ1) is 20.5. The molecule has 2 aromatic rings. The van der Waals surface area contributed by atoms with E-state index in [9.17, 15) is 17.6 Å². The number of methoxy groups -OCH3 is 1. The second kappa shape index (κ2) is 9.22. The molecule has 7 nitrogen and oxygen atoms in total. The number of nitrogens with one attached hydrogen (secondary N) is 1. The van der Waals surface area contributed by atoms with Gasteiger partial charge >= 0.3 is 0 Å². The average Bonchev–Trinajstić information content (AvgIpc) is 2.63. The maximum absolute atomic E-state index is 13.9. The van der Waals surface area contributed by atoms with Crippen molar-refractivity contribution in [2.45, 2.75) is 0 Å². The van der Waals surface area contributed by atoms with E-state index in [1.54, 1.807) is 31.4 Å². The van der Waals surface area contributed by atoms with Gasteiger partial charge in [0.25, 0.3) is 0 Å². The number of rotatable bonds is 9. The van der Waals surface area contributed by atoms with Crippen LogP contribution in [-0.4, -0.2) is 47.4 Å². The maximum Gasteiger partial charge on any atom is 0.240 e. The molecule has 2 aromatic carbocycles. The first-order chi connectivity index (χ1) is 12.8. The fourth-order valence-corrected chi connectivity index (χ4v) is 3.13. The Kier molecular flexibility index (Phi) is 7.00. The van der Waals surface area contributed by atoms with Crippen LogP contribution in [0.25, 0.3) is 0 Å². The first-order valence-electron chi connectivity index (χ1n) is 8.07. The van der Waals surface area contributed by atoms with Gasteiger partial charge < -0.3 is 14.8 Å². The molecule has 1 N–H and O–H groups in total. The van der Waals surface area contributed by atoms with Gasteiger partial charge in [-0.2, -0.15) is 0 Å². The maximum atomic E-state index is 13.9. The summed E-state index contributed by atoms with van der Waals surface area (Å²) >= 11 is 0. The van der Waals surface area contributed by atoms with Gasteiger partial charge in [0.2, 0.25) is 15.9 Å². The highest BCUT2D eigenvalue weighted by molar-refractivity contribution is 7.92. The van der Waals surface area contributed by atoms with Gasteiger partial charge in [0, 0.05) is 6.07 Å². The number of carbonyl (C=O) groups is 1. The minimum atomic E-state index is -3.83. The van der Waals surface area contributed by atoms with Crippen LogP contribution in [0.3, 0.4) is 0 Å². The molecule has 9 heteroatoms. The van der Waals surface area contributed by atoms with Crippen LogP contribution in [0.1, 0.15) is 0 Å². The zero-order valence-corrected chi connectivity index (χ0v) is 15.8. The van der Waals surface area contributed by atoms with E-state index in [4.69, 9.17) is 9.47 Å². The summed E-state index contributed by atoms with van der Waals surface area (Å²) < 4.78 is 49.1. The summed E-state index contributed by atoms with van der Waals surface area (Å²) in [6, 6.07) is 12.4. The van der Waals surface area contributed by atoms with Crippen molar-refractivity contribution < 1.29 is 27.1 Å². The van der Waals surface area contributed by atoms with Crippen molar-refractivity contribution in [3.8, 4) is 11.5 Å². The Morgan fingerprint density at radius 2 is 1.85 bits per heavy atom. The van der Waals surface area contributed by atoms with Crippen molar-refractivity contribution in [1.82, 2.24) is 5.32 Å². The number of sulfonamides is 1. The number of amides is 1. The average molecular weight is 396 g/mol. The standard InChI is InChI=1S/C18H21FN2O5S/c1-25-14-6-5-7-15(12-14)26-11-10-20-18(22)13-21(27(2,23)24)17-9-4-3-8-16(17)19/h3-9,12H,10-11,13H2,1-2H3,(H,20,22). The molecule has 0 bridgehead atoms. The third-order valence-electron chi connectivity index (χ3n) is 3.54. The second-order valence-electron chi connectivity index (χ2n) is 5.60. The molecule has 0 saturated carbocycles. The van der Waals surface area contributed by atoms with Crippen LogP contribution >= 0.6 is 0 Å². The van der Waals surface area contributed by atoms with Gasteiger partial charge in [-0.15, -0.1) is 0 Å². The lowest BCUT2D eigenvalue weighted by Crippen LogP contribution is -2.41. The van der Waals surface area contributed by atoms with E-state index in [1.165, 1.54) is 18.2 Å². The molecule has 0 aromatic heterocycles. The number of ether oxygens (including phenoxy) is 2. The summed E-state index contributed by atoms with van der Waals surface area (Å²) in [5.41, 5.74) is -0.178. The summed E-state index contributed by atoms with van der Waals surface area (Å²) in [7, 11) is -2.29. The molecule has 0 spiro atoms. The van der Waals surface area contributed by atoms with Crippen molar-refractivity contribution in [2.24, 2.45) is 0 Å². The summed E-state index contributed by atoms with van der Waals surface area (Å²) in [6.45, 7) is -0.193. The molecule has 0 aliphatic rings. The van der Waals surface area contributed by atoms with E-state index in [2.05, 4.69) is 5.32 Å². The van der Waals surface area contributed by atoms with Crippen LogP contribution in [0.15, 0.2) is 48.5 Å². The lowest BCUT2D eigenvalue weighted by atomic mass is 10.3. The van der Waals surface area contributed by atoms with Gasteiger partial charge in [0.1, 0.15) is 30.5 Å². The Labute approximate surface area is 157 Å². The molecule has 0 aliphatic carbocycles. The van der Waals surface area contributed by atoms with Crippen molar-refractivity contribution in [3.63, 3.8) is 0 Å². The van der Waals surface area contributed by atoms with Crippen LogP contribution in [0.5, 0.6) is 11.5 Å². The quantitative estimate of drug-likeness (QED) is 0.654. The van der Waals surface area contributed by atoms with Gasteiger partial charge in [-0.25, -0.2) is 12.8 Å². The summed E-state index contributed by atoms with van der Waals surface area (Å²) in [5.74, 6) is -0.0760. The normalized spacial score (nSPS) is 10.9. The van der Waals surface area contributed by atoms with E-state index < -0.39 is 28.3 Å². The van der Waals surface area contributed by atoms with Gasteiger partial charge in [-0.05, 0) is 24.3 Å². The molecule has 0 saturated heterocycles. The molecule has 0 fully saturated rings. The number of hydrogen-bond acceptors (Lipinski definition) is 5. The van der Waals surface area contributed by atoms with Crippen LogP contribution < -0.4 is 19.1 Å². The molecule has 0 unspecified atom stereocenters. The number of anilines is 1. The Hall–Kier alpha value is -2.81. The molecule has 0 heterocycles. The van der Waals surface area contributed by atoms with Gasteiger partial charge in [-0.3, -0.25) is 9.10 Å². The SMILES string of the molecule is COc1cccc(OCCNC(=O)CN(c2ccccc2F)S(C)(=O)=O)c1. The largest absolute Gasteiger partial charge is 0.497 e. The smallest absolute Gasteiger partial charge is 0.240 e. The number of para-hydroxylation sites is 1. The molecule has 2 rings (SSSR count). The lowest BCUT2D eigenvalue weighted by molar-refractivity contribution is -0.119. The predicted molar refractivity (Wildman–Crippen MR) is 100 cm³/mol. The van der Waals surface area contributed by atoms with E-state index in [0.29, 0.717) is 11.5 Å². The van der Waals surface area contributed by atoms with Crippen LogP contribution in [0.2, 0.25) is 0 Å². The third-order valence-corrected chi connectivity index (χ3v) is 4.67. The van der Waals surface area contributed by atoms with E-state index in [0.717, 1.165) is 16.6 Å². The molecule has 1 amide bonds. The highest BCUT2D eigenvalue weighted by Crippen LogP contribution is 2.21. The van der Waals surface area contributed by atoms with Crippen molar-refractivity contribution >= 4 is 21.6 Å². The molecular weight excluding hydrogens is 375 g/mol. The topological polar surface area (TPSA) is 84.9 Å². The number of carbonyl (C=O) groups excluding carboxylic acids is 1. The van der Waals surface area contributed by atoms with E-state index >= 15 is 0 Å². The fourth-order valence-electron chi connectivity index (χ4n) is 2.27. The number of benzene rings is 2. The molecule has 0 aliphatic heterocycles. The minimum Gasteiger partial charge on any atom is -0.497 e. The Morgan fingerprint density at radius 1 is 1.15 bits per heavy atom. The summed E-state index contributed by atoms with van der Waals surface area (Å²) in [5, 5.41) is 2.55. The fraction of sp³-hybridized carbons (Fsp3) is 0.278. The third kappa shape index (κ3) is 6.14. The van der Waals surface area contributed by atoms with Gasteiger partial charge in [0.05, 0.1) is 25.6 Å².